The van der Waals surface area contributed by atoms with Gasteiger partial charge in [-0.3, -0.25) is 15.1 Å². The van der Waals surface area contributed by atoms with E-state index in [0.717, 1.165) is 0 Å². The quantitative estimate of drug-likeness (QED) is 0.527. The van der Waals surface area contributed by atoms with Crippen LogP contribution in [0.2, 0.25) is 0 Å². The fourth-order valence-corrected chi connectivity index (χ4v) is 2.24. The Kier molecular flexibility index (Phi) is 6.10. The van der Waals surface area contributed by atoms with Crippen molar-refractivity contribution < 1.29 is 29.4 Å². The van der Waals surface area contributed by atoms with Crippen molar-refractivity contribution >= 4 is 22.6 Å². The smallest absolute Gasteiger partial charge is 0.339 e. The number of benzene rings is 2. The predicted molar refractivity (Wildman–Crippen MR) is 96.6 cm³/mol. The third-order valence-corrected chi connectivity index (χ3v) is 3.56. The van der Waals surface area contributed by atoms with Gasteiger partial charge in [0, 0.05) is 23.7 Å². The monoisotopic (exact) mass is 372 g/mol. The van der Waals surface area contributed by atoms with Crippen LogP contribution in [0.25, 0.3) is 10.9 Å². The first kappa shape index (κ1) is 19.4. The maximum Gasteiger partial charge on any atom is 0.339 e. The van der Waals surface area contributed by atoms with Gasteiger partial charge in [0.15, 0.2) is 0 Å². The van der Waals surface area contributed by atoms with E-state index in [9.17, 15) is 20.0 Å². The van der Waals surface area contributed by atoms with Crippen molar-refractivity contribution in [2.24, 2.45) is 0 Å². The summed E-state index contributed by atoms with van der Waals surface area (Å²) in [5.41, 5.74) is 0.0567. The summed E-state index contributed by atoms with van der Waals surface area (Å²) in [5.74, 6) is -0.527. The summed E-state index contributed by atoms with van der Waals surface area (Å²) < 4.78 is 9.81. The summed E-state index contributed by atoms with van der Waals surface area (Å²) in [6, 6.07) is 10.8. The van der Waals surface area contributed by atoms with Gasteiger partial charge in [0.05, 0.1) is 19.1 Å². The molecule has 9 nitrogen and oxygen atoms in total. The van der Waals surface area contributed by atoms with Crippen molar-refractivity contribution in [2.45, 2.75) is 0 Å². The van der Waals surface area contributed by atoms with Crippen molar-refractivity contribution in [1.82, 2.24) is 4.98 Å². The summed E-state index contributed by atoms with van der Waals surface area (Å²) in [6.45, 7) is 0. The Morgan fingerprint density at radius 1 is 1.15 bits per heavy atom. The molecular weight excluding hydrogens is 356 g/mol. The van der Waals surface area contributed by atoms with Crippen molar-refractivity contribution in [1.29, 1.82) is 0 Å². The number of phenolic OH excluding ortho intramolecular Hbond substituents is 1. The van der Waals surface area contributed by atoms with E-state index in [0.29, 0.717) is 16.9 Å². The molecular formula is C18H16N2O7. The Bertz CT molecular complexity index is 989. The summed E-state index contributed by atoms with van der Waals surface area (Å²) in [4.78, 5) is 24.4. The molecule has 140 valence electrons. The number of carboxylic acids is 1. The maximum absolute atomic E-state index is 10.7. The van der Waals surface area contributed by atoms with Crippen LogP contribution in [-0.2, 0) is 0 Å². The molecule has 3 rings (SSSR count). The van der Waals surface area contributed by atoms with Crippen LogP contribution in [0.1, 0.15) is 10.4 Å². The first-order chi connectivity index (χ1) is 12.9. The molecule has 0 bridgehead atoms. The molecule has 0 spiro atoms. The molecule has 0 radical (unpaired) electrons. The Hall–Kier alpha value is -3.88. The number of ether oxygens (including phenoxy) is 2. The number of pyridine rings is 1. The van der Waals surface area contributed by atoms with Crippen LogP contribution in [0.3, 0.4) is 0 Å². The van der Waals surface area contributed by atoms with Crippen LogP contribution in [-0.4, -0.2) is 40.3 Å². The van der Waals surface area contributed by atoms with Crippen molar-refractivity contribution in [3.63, 3.8) is 0 Å². The highest BCUT2D eigenvalue weighted by atomic mass is 16.6. The number of aromatic carboxylic acids is 1. The largest absolute Gasteiger partial charge is 0.501 e. The molecule has 3 aromatic rings. The molecule has 1 heterocycles. The first-order valence-electron chi connectivity index (χ1n) is 7.55. The number of phenols is 1. The van der Waals surface area contributed by atoms with Crippen LogP contribution >= 0.6 is 0 Å². The van der Waals surface area contributed by atoms with Crippen LogP contribution in [0.5, 0.6) is 17.2 Å². The number of aromatic hydroxyl groups is 1. The Labute approximate surface area is 153 Å². The van der Waals surface area contributed by atoms with Gasteiger partial charge in [0.25, 0.3) is 0 Å². The minimum atomic E-state index is -1.01. The van der Waals surface area contributed by atoms with E-state index in [1.165, 1.54) is 38.6 Å². The van der Waals surface area contributed by atoms with Gasteiger partial charge < -0.3 is 19.7 Å². The summed E-state index contributed by atoms with van der Waals surface area (Å²) in [5, 5.41) is 29.4. The number of hydrogen-bond acceptors (Lipinski definition) is 7. The predicted octanol–water partition coefficient (Wildman–Crippen LogP) is 3.25. The van der Waals surface area contributed by atoms with Crippen LogP contribution < -0.4 is 9.47 Å². The second-order valence-corrected chi connectivity index (χ2v) is 5.14. The lowest BCUT2D eigenvalue weighted by Gasteiger charge is -2.06. The zero-order chi connectivity index (χ0) is 20.0. The molecule has 0 unspecified atom stereocenters. The lowest BCUT2D eigenvalue weighted by Crippen LogP contribution is -2.00. The summed E-state index contributed by atoms with van der Waals surface area (Å²) >= 11 is 0. The van der Waals surface area contributed by atoms with E-state index < -0.39 is 10.9 Å². The number of nitrogens with zero attached hydrogens (tertiary/aromatic N) is 2. The Balaban J connectivity index is 0.000000194. The van der Waals surface area contributed by atoms with Gasteiger partial charge in [-0.15, -0.1) is 0 Å². The number of hydrogen-bond donors (Lipinski definition) is 2. The fourth-order valence-electron chi connectivity index (χ4n) is 2.24. The van der Waals surface area contributed by atoms with Gasteiger partial charge in [0.2, 0.25) is 5.75 Å². The molecule has 0 atom stereocenters. The van der Waals surface area contributed by atoms with E-state index in [1.54, 1.807) is 24.3 Å². The molecule has 0 aliphatic heterocycles. The van der Waals surface area contributed by atoms with E-state index in [4.69, 9.17) is 14.6 Å². The fraction of sp³-hybridized carbons (Fsp3) is 0.111. The van der Waals surface area contributed by atoms with Crippen LogP contribution in [0.15, 0.2) is 48.7 Å². The Morgan fingerprint density at radius 2 is 1.89 bits per heavy atom. The van der Waals surface area contributed by atoms with E-state index in [2.05, 4.69) is 4.98 Å². The van der Waals surface area contributed by atoms with Gasteiger partial charge >= 0.3 is 11.7 Å². The number of rotatable bonds is 4. The zero-order valence-corrected chi connectivity index (χ0v) is 14.4. The highest BCUT2D eigenvalue weighted by molar-refractivity contribution is 5.91. The molecule has 9 heteroatoms. The number of nitro groups is 1. The zero-order valence-electron chi connectivity index (χ0n) is 14.4. The number of aromatic nitrogens is 1. The topological polar surface area (TPSA) is 132 Å². The van der Waals surface area contributed by atoms with Gasteiger partial charge in [-0.2, -0.15) is 0 Å². The number of fused-ring (bicyclic) bond motifs is 1. The number of carboxylic acid groups (broad SMARTS) is 1. The average Bonchev–Trinajstić information content (AvgIpc) is 2.68. The van der Waals surface area contributed by atoms with E-state index >= 15 is 0 Å². The molecule has 0 aliphatic rings. The van der Waals surface area contributed by atoms with Gasteiger partial charge in [-0.1, -0.05) is 6.07 Å². The molecule has 0 saturated heterocycles. The van der Waals surface area contributed by atoms with Gasteiger partial charge in [-0.05, 0) is 24.3 Å². The standard InChI is InChI=1S/C9H6N2O3.C9H10O4/c12-9-7(11(13)14)4-3-6-2-1-5-10-8(6)9;1-12-6-3-4-7(9(10)11)8(5-6)13-2/h1-5,12H;3-5H,1-2H3,(H,10,11). The summed E-state index contributed by atoms with van der Waals surface area (Å²) in [6.07, 6.45) is 1.48. The first-order valence-corrected chi connectivity index (χ1v) is 7.55. The molecule has 2 aromatic carbocycles. The third-order valence-electron chi connectivity index (χ3n) is 3.56. The van der Waals surface area contributed by atoms with E-state index in [1.807, 2.05) is 0 Å². The van der Waals surface area contributed by atoms with Gasteiger partial charge in [0.1, 0.15) is 22.6 Å². The Morgan fingerprint density at radius 3 is 2.48 bits per heavy atom. The normalized spacial score (nSPS) is 9.85. The van der Waals surface area contributed by atoms with Crippen LogP contribution in [0, 0.1) is 10.1 Å². The minimum absolute atomic E-state index is 0.128. The lowest BCUT2D eigenvalue weighted by molar-refractivity contribution is -0.385. The molecule has 0 aliphatic carbocycles. The molecule has 27 heavy (non-hydrogen) atoms. The molecule has 0 saturated carbocycles. The number of methoxy groups -OCH3 is 2. The van der Waals surface area contributed by atoms with E-state index in [-0.39, 0.29) is 22.5 Å². The maximum atomic E-state index is 10.7. The highest BCUT2D eigenvalue weighted by Gasteiger charge is 2.16. The lowest BCUT2D eigenvalue weighted by atomic mass is 10.2. The minimum Gasteiger partial charge on any atom is -0.501 e. The SMILES string of the molecule is COc1ccc(C(=O)O)c(OC)c1.O=[N+]([O-])c1ccc2cccnc2c1O. The second kappa shape index (κ2) is 8.48. The number of carbonyl (C=O) groups is 1. The van der Waals surface area contributed by atoms with Crippen molar-refractivity contribution in [3.05, 3.63) is 64.3 Å². The molecule has 1 aromatic heterocycles. The van der Waals surface area contributed by atoms with Gasteiger partial charge in [-0.25, -0.2) is 4.79 Å². The average molecular weight is 372 g/mol. The second-order valence-electron chi connectivity index (χ2n) is 5.14. The molecule has 2 N–H and O–H groups in total. The number of nitro benzene ring substituents is 1. The molecule has 0 fully saturated rings. The molecule has 0 amide bonds. The highest BCUT2D eigenvalue weighted by Crippen LogP contribution is 2.32. The van der Waals surface area contributed by atoms with Crippen molar-refractivity contribution in [3.8, 4) is 17.2 Å². The summed E-state index contributed by atoms with van der Waals surface area (Å²) in [7, 11) is 2.93. The third kappa shape index (κ3) is 4.40. The van der Waals surface area contributed by atoms with Crippen molar-refractivity contribution in [2.75, 3.05) is 14.2 Å². The van der Waals surface area contributed by atoms with Crippen LogP contribution in [0.4, 0.5) is 5.69 Å².